The molecule has 0 heterocycles. The minimum absolute atomic E-state index is 0.0475. The van der Waals surface area contributed by atoms with E-state index in [1.54, 1.807) is 18.2 Å². The number of benzene rings is 2. The van der Waals surface area contributed by atoms with E-state index < -0.39 is 0 Å². The highest BCUT2D eigenvalue weighted by Gasteiger charge is 2.16. The second kappa shape index (κ2) is 7.27. The van der Waals surface area contributed by atoms with Gasteiger partial charge in [0.2, 0.25) is 0 Å². The summed E-state index contributed by atoms with van der Waals surface area (Å²) in [4.78, 5) is 12.5. The molecule has 1 atom stereocenters. The summed E-state index contributed by atoms with van der Waals surface area (Å²) >= 11 is 6.16. The summed E-state index contributed by atoms with van der Waals surface area (Å²) in [6.45, 7) is 4.45. The van der Waals surface area contributed by atoms with Crippen molar-refractivity contribution in [3.63, 3.8) is 0 Å². The molecule has 24 heavy (non-hydrogen) atoms. The molecule has 3 nitrogen and oxygen atoms in total. The van der Waals surface area contributed by atoms with Crippen molar-refractivity contribution < 1.29 is 9.53 Å². The Morgan fingerprint density at radius 2 is 2.00 bits per heavy atom. The first-order valence-electron chi connectivity index (χ1n) is 8.43. The number of fused-ring (bicyclic) bond motifs is 1. The van der Waals surface area contributed by atoms with Crippen molar-refractivity contribution in [2.45, 2.75) is 39.2 Å². The Bertz CT molecular complexity index is 757. The number of amides is 1. The molecule has 2 aromatic rings. The number of hydrogen-bond donors (Lipinski definition) is 1. The molecular weight excluding hydrogens is 322 g/mol. The van der Waals surface area contributed by atoms with Crippen molar-refractivity contribution in [3.05, 3.63) is 63.7 Å². The lowest BCUT2D eigenvalue weighted by molar-refractivity contribution is 0.0940. The molecule has 3 rings (SSSR count). The van der Waals surface area contributed by atoms with Crippen molar-refractivity contribution >= 4 is 17.5 Å². The monoisotopic (exact) mass is 343 g/mol. The largest absolute Gasteiger partial charge is 0.492 e. The average molecular weight is 344 g/mol. The summed E-state index contributed by atoms with van der Waals surface area (Å²) in [5.41, 5.74) is 4.53. The Labute approximate surface area is 148 Å². The van der Waals surface area contributed by atoms with Gasteiger partial charge in [-0.25, -0.2) is 0 Å². The number of aryl methyl sites for hydroxylation is 2. The zero-order valence-electron chi connectivity index (χ0n) is 14.1. The van der Waals surface area contributed by atoms with Gasteiger partial charge >= 0.3 is 0 Å². The minimum Gasteiger partial charge on any atom is -0.492 e. The SMILES string of the molecule is CCOc1ccc(C(=O)NC(C)c2ccc3c(c2)CCC3)cc1Cl. The van der Waals surface area contributed by atoms with E-state index in [0.717, 1.165) is 12.0 Å². The van der Waals surface area contributed by atoms with Crippen molar-refractivity contribution in [3.8, 4) is 5.75 Å². The van der Waals surface area contributed by atoms with Crippen LogP contribution in [0.25, 0.3) is 0 Å². The first-order valence-corrected chi connectivity index (χ1v) is 8.81. The number of carbonyl (C=O) groups is 1. The summed E-state index contributed by atoms with van der Waals surface area (Å²) in [6, 6.07) is 11.6. The molecule has 0 saturated carbocycles. The molecule has 0 radical (unpaired) electrons. The van der Waals surface area contributed by atoms with Crippen LogP contribution in [0, 0.1) is 0 Å². The van der Waals surface area contributed by atoms with Crippen LogP contribution >= 0.6 is 11.6 Å². The molecule has 1 N–H and O–H groups in total. The van der Waals surface area contributed by atoms with E-state index in [4.69, 9.17) is 16.3 Å². The van der Waals surface area contributed by atoms with Gasteiger partial charge in [0.25, 0.3) is 5.91 Å². The van der Waals surface area contributed by atoms with Gasteiger partial charge in [0.05, 0.1) is 17.7 Å². The third-order valence-electron chi connectivity index (χ3n) is 4.46. The average Bonchev–Trinajstić information content (AvgIpc) is 3.04. The van der Waals surface area contributed by atoms with Crippen molar-refractivity contribution in [1.82, 2.24) is 5.32 Å². The molecule has 1 unspecified atom stereocenters. The quantitative estimate of drug-likeness (QED) is 0.853. The Kier molecular flexibility index (Phi) is 5.10. The summed E-state index contributed by atoms with van der Waals surface area (Å²) in [5.74, 6) is 0.468. The molecule has 0 spiro atoms. The lowest BCUT2D eigenvalue weighted by Crippen LogP contribution is -2.26. The summed E-state index contributed by atoms with van der Waals surface area (Å²) < 4.78 is 5.40. The number of rotatable bonds is 5. The maximum absolute atomic E-state index is 12.5. The van der Waals surface area contributed by atoms with Crippen LogP contribution < -0.4 is 10.1 Å². The van der Waals surface area contributed by atoms with Crippen LogP contribution in [0.5, 0.6) is 5.75 Å². The highest BCUT2D eigenvalue weighted by Crippen LogP contribution is 2.27. The van der Waals surface area contributed by atoms with Gasteiger partial charge in [0.1, 0.15) is 5.75 Å². The molecule has 1 aliphatic carbocycles. The first kappa shape index (κ1) is 16.8. The maximum Gasteiger partial charge on any atom is 0.251 e. The highest BCUT2D eigenvalue weighted by molar-refractivity contribution is 6.32. The number of ether oxygens (including phenoxy) is 1. The third kappa shape index (κ3) is 3.57. The normalized spacial score (nSPS) is 14.1. The number of halogens is 1. The van der Waals surface area contributed by atoms with Gasteiger partial charge in [-0.15, -0.1) is 0 Å². The molecule has 1 aliphatic rings. The fraction of sp³-hybridized carbons (Fsp3) is 0.350. The van der Waals surface area contributed by atoms with E-state index in [-0.39, 0.29) is 11.9 Å². The van der Waals surface area contributed by atoms with Crippen molar-refractivity contribution in [2.24, 2.45) is 0 Å². The van der Waals surface area contributed by atoms with Crippen LogP contribution in [0.15, 0.2) is 36.4 Å². The van der Waals surface area contributed by atoms with Crippen LogP contribution in [0.4, 0.5) is 0 Å². The Morgan fingerprint density at radius 1 is 1.21 bits per heavy atom. The minimum atomic E-state index is -0.132. The highest BCUT2D eigenvalue weighted by atomic mass is 35.5. The van der Waals surface area contributed by atoms with Gasteiger partial charge in [-0.1, -0.05) is 29.8 Å². The van der Waals surface area contributed by atoms with Crippen LogP contribution in [-0.2, 0) is 12.8 Å². The smallest absolute Gasteiger partial charge is 0.251 e. The molecule has 0 aliphatic heterocycles. The Balaban J connectivity index is 1.71. The van der Waals surface area contributed by atoms with Crippen LogP contribution in [0.1, 0.15) is 53.4 Å². The number of hydrogen-bond acceptors (Lipinski definition) is 2. The van der Waals surface area contributed by atoms with E-state index >= 15 is 0 Å². The summed E-state index contributed by atoms with van der Waals surface area (Å²) in [6.07, 6.45) is 3.53. The zero-order chi connectivity index (χ0) is 17.1. The predicted octanol–water partition coefficient (Wildman–Crippen LogP) is 4.72. The van der Waals surface area contributed by atoms with E-state index in [1.165, 1.54) is 24.0 Å². The molecule has 0 aromatic heterocycles. The van der Waals surface area contributed by atoms with E-state index in [0.29, 0.717) is 22.9 Å². The van der Waals surface area contributed by atoms with Gasteiger partial charge in [0, 0.05) is 5.56 Å². The molecule has 1 amide bonds. The molecule has 4 heteroatoms. The number of carbonyl (C=O) groups excluding carboxylic acids is 1. The third-order valence-corrected chi connectivity index (χ3v) is 4.76. The fourth-order valence-electron chi connectivity index (χ4n) is 3.14. The zero-order valence-corrected chi connectivity index (χ0v) is 14.8. The first-order chi connectivity index (χ1) is 11.6. The molecule has 2 aromatic carbocycles. The standard InChI is InChI=1S/C20H22ClNO2/c1-3-24-19-10-9-17(12-18(19)21)20(23)22-13(2)15-8-7-14-5-4-6-16(14)11-15/h7-13H,3-6H2,1-2H3,(H,22,23). The number of nitrogens with one attached hydrogen (secondary N) is 1. The Hall–Kier alpha value is -2.00. The van der Waals surface area contributed by atoms with Crippen LogP contribution in [0.2, 0.25) is 5.02 Å². The second-order valence-corrected chi connectivity index (χ2v) is 6.56. The molecule has 0 fully saturated rings. The topological polar surface area (TPSA) is 38.3 Å². The van der Waals surface area contributed by atoms with E-state index in [2.05, 4.69) is 23.5 Å². The van der Waals surface area contributed by atoms with Gasteiger partial charge < -0.3 is 10.1 Å². The maximum atomic E-state index is 12.5. The Morgan fingerprint density at radius 3 is 2.75 bits per heavy atom. The second-order valence-electron chi connectivity index (χ2n) is 6.16. The molecule has 0 bridgehead atoms. The van der Waals surface area contributed by atoms with Crippen molar-refractivity contribution in [1.29, 1.82) is 0 Å². The van der Waals surface area contributed by atoms with Crippen LogP contribution in [-0.4, -0.2) is 12.5 Å². The van der Waals surface area contributed by atoms with Gasteiger partial charge in [0.15, 0.2) is 0 Å². The van der Waals surface area contributed by atoms with E-state index in [9.17, 15) is 4.79 Å². The summed E-state index contributed by atoms with van der Waals surface area (Å²) in [5, 5.41) is 3.50. The predicted molar refractivity (Wildman–Crippen MR) is 97.0 cm³/mol. The van der Waals surface area contributed by atoms with Gasteiger partial charge in [-0.2, -0.15) is 0 Å². The fourth-order valence-corrected chi connectivity index (χ4v) is 3.37. The molecular formula is C20H22ClNO2. The van der Waals surface area contributed by atoms with E-state index in [1.807, 2.05) is 13.8 Å². The van der Waals surface area contributed by atoms with Gasteiger partial charge in [-0.05, 0) is 68.0 Å². The summed E-state index contributed by atoms with van der Waals surface area (Å²) in [7, 11) is 0. The van der Waals surface area contributed by atoms with Gasteiger partial charge in [-0.3, -0.25) is 4.79 Å². The molecule has 0 saturated heterocycles. The lowest BCUT2D eigenvalue weighted by atomic mass is 10.0. The van der Waals surface area contributed by atoms with Crippen LogP contribution in [0.3, 0.4) is 0 Å². The van der Waals surface area contributed by atoms with Crippen molar-refractivity contribution in [2.75, 3.05) is 6.61 Å². The lowest BCUT2D eigenvalue weighted by Gasteiger charge is -2.16. The molecule has 126 valence electrons.